The van der Waals surface area contributed by atoms with Gasteiger partial charge in [0.1, 0.15) is 0 Å². The SMILES string of the molecule is CCC(CC)N(C)c1nc(C)c(CNC(C)C)s1. The zero-order valence-corrected chi connectivity index (χ0v) is 13.4. The van der Waals surface area contributed by atoms with Crippen molar-refractivity contribution in [2.24, 2.45) is 0 Å². The number of aromatic nitrogens is 1. The summed E-state index contributed by atoms with van der Waals surface area (Å²) < 4.78 is 0. The zero-order valence-electron chi connectivity index (χ0n) is 12.6. The number of rotatable bonds is 7. The summed E-state index contributed by atoms with van der Waals surface area (Å²) in [4.78, 5) is 8.40. The first-order valence-electron chi connectivity index (χ1n) is 6.92. The molecule has 0 amide bonds. The van der Waals surface area contributed by atoms with Gasteiger partial charge >= 0.3 is 0 Å². The first kappa shape index (κ1) is 15.4. The Kier molecular flexibility index (Phi) is 6.09. The highest BCUT2D eigenvalue weighted by molar-refractivity contribution is 7.15. The molecule has 0 saturated carbocycles. The van der Waals surface area contributed by atoms with E-state index in [-0.39, 0.29) is 0 Å². The molecule has 0 aliphatic heterocycles. The lowest BCUT2D eigenvalue weighted by molar-refractivity contribution is 0.589. The molecule has 0 saturated heterocycles. The topological polar surface area (TPSA) is 28.2 Å². The van der Waals surface area contributed by atoms with Gasteiger partial charge in [-0.1, -0.05) is 27.7 Å². The minimum absolute atomic E-state index is 0.520. The molecular formula is C14H27N3S. The van der Waals surface area contributed by atoms with Gasteiger partial charge in [0, 0.05) is 30.6 Å². The van der Waals surface area contributed by atoms with E-state index in [1.165, 1.54) is 23.4 Å². The normalized spacial score (nSPS) is 11.6. The van der Waals surface area contributed by atoms with E-state index in [4.69, 9.17) is 4.98 Å². The Morgan fingerprint density at radius 3 is 2.39 bits per heavy atom. The summed E-state index contributed by atoms with van der Waals surface area (Å²) >= 11 is 1.82. The van der Waals surface area contributed by atoms with E-state index in [0.717, 1.165) is 11.7 Å². The highest BCUT2D eigenvalue weighted by Crippen LogP contribution is 2.27. The summed E-state index contributed by atoms with van der Waals surface area (Å²) in [7, 11) is 2.16. The van der Waals surface area contributed by atoms with E-state index >= 15 is 0 Å². The molecule has 0 spiro atoms. The quantitative estimate of drug-likeness (QED) is 0.820. The molecule has 0 aliphatic carbocycles. The first-order chi connectivity index (χ1) is 8.49. The molecule has 3 nitrogen and oxygen atoms in total. The van der Waals surface area contributed by atoms with Crippen molar-refractivity contribution < 1.29 is 0 Å². The van der Waals surface area contributed by atoms with Gasteiger partial charge in [0.15, 0.2) is 5.13 Å². The van der Waals surface area contributed by atoms with E-state index in [0.29, 0.717) is 12.1 Å². The van der Waals surface area contributed by atoms with Crippen LogP contribution in [0.5, 0.6) is 0 Å². The Morgan fingerprint density at radius 1 is 1.28 bits per heavy atom. The summed E-state index contributed by atoms with van der Waals surface area (Å²) in [5, 5.41) is 4.62. The number of aryl methyl sites for hydroxylation is 1. The van der Waals surface area contributed by atoms with Crippen LogP contribution in [0.3, 0.4) is 0 Å². The fourth-order valence-electron chi connectivity index (χ4n) is 2.02. The van der Waals surface area contributed by atoms with E-state index in [9.17, 15) is 0 Å². The van der Waals surface area contributed by atoms with Crippen molar-refractivity contribution in [1.82, 2.24) is 10.3 Å². The third-order valence-electron chi connectivity index (χ3n) is 3.34. The minimum Gasteiger partial charge on any atom is -0.348 e. The number of hydrogen-bond acceptors (Lipinski definition) is 4. The molecule has 0 unspecified atom stereocenters. The van der Waals surface area contributed by atoms with Gasteiger partial charge in [0.25, 0.3) is 0 Å². The monoisotopic (exact) mass is 269 g/mol. The second-order valence-electron chi connectivity index (χ2n) is 5.12. The smallest absolute Gasteiger partial charge is 0.185 e. The number of nitrogens with zero attached hydrogens (tertiary/aromatic N) is 2. The lowest BCUT2D eigenvalue weighted by Gasteiger charge is -2.25. The van der Waals surface area contributed by atoms with Crippen molar-refractivity contribution in [3.63, 3.8) is 0 Å². The second kappa shape index (κ2) is 7.10. The molecule has 0 aliphatic rings. The molecule has 0 bridgehead atoms. The highest BCUT2D eigenvalue weighted by Gasteiger charge is 2.16. The van der Waals surface area contributed by atoms with Crippen molar-refractivity contribution in [2.45, 2.75) is 66.1 Å². The summed E-state index contributed by atoms with van der Waals surface area (Å²) in [5.74, 6) is 0. The van der Waals surface area contributed by atoms with Crippen molar-refractivity contribution in [2.75, 3.05) is 11.9 Å². The number of nitrogens with one attached hydrogen (secondary N) is 1. The minimum atomic E-state index is 0.520. The molecule has 0 fully saturated rings. The predicted molar refractivity (Wildman–Crippen MR) is 81.6 cm³/mol. The molecule has 1 aromatic heterocycles. The van der Waals surface area contributed by atoms with Gasteiger partial charge in [0.2, 0.25) is 0 Å². The zero-order chi connectivity index (χ0) is 13.7. The predicted octanol–water partition coefficient (Wildman–Crippen LogP) is 3.57. The summed E-state index contributed by atoms with van der Waals surface area (Å²) in [6.07, 6.45) is 2.34. The van der Waals surface area contributed by atoms with Crippen molar-refractivity contribution in [3.8, 4) is 0 Å². The van der Waals surface area contributed by atoms with Gasteiger partial charge in [-0.2, -0.15) is 0 Å². The lowest BCUT2D eigenvalue weighted by atomic mass is 10.1. The van der Waals surface area contributed by atoms with Crippen molar-refractivity contribution in [3.05, 3.63) is 10.6 Å². The van der Waals surface area contributed by atoms with Gasteiger partial charge in [-0.15, -0.1) is 11.3 Å². The van der Waals surface area contributed by atoms with Crippen molar-refractivity contribution in [1.29, 1.82) is 0 Å². The maximum atomic E-state index is 4.71. The van der Waals surface area contributed by atoms with Gasteiger partial charge in [0.05, 0.1) is 5.69 Å². The Morgan fingerprint density at radius 2 is 1.89 bits per heavy atom. The molecule has 104 valence electrons. The third kappa shape index (κ3) is 3.95. The van der Waals surface area contributed by atoms with Gasteiger partial charge in [-0.05, 0) is 19.8 Å². The molecule has 1 heterocycles. The van der Waals surface area contributed by atoms with Gasteiger partial charge in [-0.25, -0.2) is 4.98 Å². The molecule has 0 radical (unpaired) electrons. The van der Waals surface area contributed by atoms with E-state index in [1.54, 1.807) is 0 Å². The van der Waals surface area contributed by atoms with Crippen LogP contribution in [-0.2, 0) is 6.54 Å². The average molecular weight is 269 g/mol. The van der Waals surface area contributed by atoms with Crippen LogP contribution in [0.25, 0.3) is 0 Å². The Labute approximate surface area is 116 Å². The Bertz CT molecular complexity index is 356. The third-order valence-corrected chi connectivity index (χ3v) is 4.59. The second-order valence-corrected chi connectivity index (χ2v) is 6.18. The Hall–Kier alpha value is -0.610. The number of anilines is 1. The maximum absolute atomic E-state index is 4.71. The van der Waals surface area contributed by atoms with Crippen LogP contribution in [0.15, 0.2) is 0 Å². The summed E-state index contributed by atoms with van der Waals surface area (Å²) in [6, 6.07) is 1.12. The number of hydrogen-bond donors (Lipinski definition) is 1. The standard InChI is InChI=1S/C14H27N3S/c1-7-12(8-2)17(6)14-16-11(5)13(18-14)9-15-10(3)4/h10,12,15H,7-9H2,1-6H3. The number of thiazole rings is 1. The summed E-state index contributed by atoms with van der Waals surface area (Å²) in [5.41, 5.74) is 1.17. The lowest BCUT2D eigenvalue weighted by Crippen LogP contribution is -2.30. The van der Waals surface area contributed by atoms with Crippen LogP contribution < -0.4 is 10.2 Å². The van der Waals surface area contributed by atoms with Crippen LogP contribution in [0.4, 0.5) is 5.13 Å². The van der Waals surface area contributed by atoms with E-state index in [1.807, 2.05) is 11.3 Å². The molecule has 4 heteroatoms. The summed E-state index contributed by atoms with van der Waals surface area (Å²) in [6.45, 7) is 11.9. The van der Waals surface area contributed by atoms with Gasteiger partial charge in [-0.3, -0.25) is 0 Å². The fraction of sp³-hybridized carbons (Fsp3) is 0.786. The molecule has 18 heavy (non-hydrogen) atoms. The van der Waals surface area contributed by atoms with E-state index < -0.39 is 0 Å². The van der Waals surface area contributed by atoms with Gasteiger partial charge < -0.3 is 10.2 Å². The van der Waals surface area contributed by atoms with Crippen molar-refractivity contribution >= 4 is 16.5 Å². The molecule has 1 aromatic rings. The molecular weight excluding hydrogens is 242 g/mol. The fourth-order valence-corrected chi connectivity index (χ4v) is 3.06. The maximum Gasteiger partial charge on any atom is 0.185 e. The van der Waals surface area contributed by atoms with E-state index in [2.05, 4.69) is 51.9 Å². The van der Waals surface area contributed by atoms with Crippen LogP contribution >= 0.6 is 11.3 Å². The van der Waals surface area contributed by atoms with Crippen LogP contribution in [0.2, 0.25) is 0 Å². The molecule has 0 aromatic carbocycles. The van der Waals surface area contributed by atoms with Crippen LogP contribution in [-0.4, -0.2) is 24.1 Å². The molecule has 0 atom stereocenters. The van der Waals surface area contributed by atoms with Crippen LogP contribution in [0.1, 0.15) is 51.1 Å². The Balaban J connectivity index is 2.76. The highest BCUT2D eigenvalue weighted by atomic mass is 32.1. The molecule has 1 rings (SSSR count). The largest absolute Gasteiger partial charge is 0.348 e. The average Bonchev–Trinajstić information content (AvgIpc) is 2.69. The first-order valence-corrected chi connectivity index (χ1v) is 7.73. The molecule has 1 N–H and O–H groups in total. The van der Waals surface area contributed by atoms with Crippen LogP contribution in [0, 0.1) is 6.92 Å².